The summed E-state index contributed by atoms with van der Waals surface area (Å²) in [5.74, 6) is 1.53. The van der Waals surface area contributed by atoms with Crippen LogP contribution in [0.1, 0.15) is 112 Å². The van der Waals surface area contributed by atoms with Gasteiger partial charge in [0.15, 0.2) is 0 Å². The van der Waals surface area contributed by atoms with E-state index in [0.29, 0.717) is 26.1 Å². The van der Waals surface area contributed by atoms with E-state index in [4.69, 9.17) is 15.2 Å². The van der Waals surface area contributed by atoms with Crippen molar-refractivity contribution in [2.45, 2.75) is 118 Å². The second-order valence-electron chi connectivity index (χ2n) is 12.5. The molecule has 0 aromatic carbocycles. The molecule has 0 radical (unpaired) electrons. The number of hydrogen-bond donors (Lipinski definition) is 1. The zero-order chi connectivity index (χ0) is 28.4. The molecule has 0 saturated carbocycles. The third-order valence-corrected chi connectivity index (χ3v) is 7.85. The van der Waals surface area contributed by atoms with Gasteiger partial charge in [-0.25, -0.2) is 0 Å². The minimum atomic E-state index is -0.0974. The van der Waals surface area contributed by atoms with Crippen LogP contribution in [0, 0.1) is 17.3 Å². The lowest BCUT2D eigenvalue weighted by Gasteiger charge is -2.33. The van der Waals surface area contributed by atoms with Crippen LogP contribution in [0.5, 0.6) is 0 Å². The molecule has 2 heterocycles. The van der Waals surface area contributed by atoms with Crippen LogP contribution in [0.4, 0.5) is 0 Å². The van der Waals surface area contributed by atoms with Crippen molar-refractivity contribution < 1.29 is 19.1 Å². The first kappa shape index (κ1) is 34.8. The van der Waals surface area contributed by atoms with E-state index in [2.05, 4.69) is 30.6 Å². The van der Waals surface area contributed by atoms with Crippen LogP contribution < -0.4 is 5.73 Å². The lowest BCUT2D eigenvalue weighted by molar-refractivity contribution is -0.145. The summed E-state index contributed by atoms with van der Waals surface area (Å²) < 4.78 is 10.7. The van der Waals surface area contributed by atoms with Crippen molar-refractivity contribution >= 4 is 11.9 Å². The van der Waals surface area contributed by atoms with Gasteiger partial charge in [-0.1, -0.05) is 53.9 Å². The Morgan fingerprint density at radius 1 is 0.816 bits per heavy atom. The second-order valence-corrected chi connectivity index (χ2v) is 12.5. The Hall–Kier alpha value is -1.18. The molecule has 7 nitrogen and oxygen atoms in total. The largest absolute Gasteiger partial charge is 0.466 e. The maximum absolute atomic E-state index is 12.0. The van der Waals surface area contributed by atoms with Crippen molar-refractivity contribution in [2.75, 3.05) is 52.5 Å². The van der Waals surface area contributed by atoms with Gasteiger partial charge in [-0.2, -0.15) is 0 Å². The number of carbonyl (C=O) groups excluding carboxylic acids is 2. The predicted molar refractivity (Wildman–Crippen MR) is 157 cm³/mol. The molecule has 2 aliphatic rings. The van der Waals surface area contributed by atoms with Crippen molar-refractivity contribution in [3.63, 3.8) is 0 Å². The van der Waals surface area contributed by atoms with E-state index in [0.717, 1.165) is 63.9 Å². The molecule has 1 unspecified atom stereocenters. The summed E-state index contributed by atoms with van der Waals surface area (Å²) in [7, 11) is 0. The van der Waals surface area contributed by atoms with E-state index < -0.39 is 0 Å². The number of nitrogens with two attached hydrogens (primary N) is 1. The van der Waals surface area contributed by atoms with Crippen molar-refractivity contribution in [3.8, 4) is 0 Å². The Morgan fingerprint density at radius 2 is 1.24 bits per heavy atom. The van der Waals surface area contributed by atoms with E-state index in [9.17, 15) is 9.59 Å². The highest BCUT2D eigenvalue weighted by Crippen LogP contribution is 2.27. The molecule has 2 aliphatic heterocycles. The van der Waals surface area contributed by atoms with Crippen LogP contribution in [0.25, 0.3) is 0 Å². The third-order valence-electron chi connectivity index (χ3n) is 7.85. The summed E-state index contributed by atoms with van der Waals surface area (Å²) in [4.78, 5) is 28.7. The van der Waals surface area contributed by atoms with Gasteiger partial charge in [-0.15, -0.1) is 0 Å². The fourth-order valence-electron chi connectivity index (χ4n) is 5.17. The molecule has 0 amide bonds. The summed E-state index contributed by atoms with van der Waals surface area (Å²) >= 11 is 0. The van der Waals surface area contributed by atoms with E-state index in [1.54, 1.807) is 0 Å². The van der Waals surface area contributed by atoms with Crippen molar-refractivity contribution in [2.24, 2.45) is 23.0 Å². The number of rotatable bonds is 15. The first-order valence-corrected chi connectivity index (χ1v) is 15.6. The molecule has 7 heteroatoms. The minimum absolute atomic E-state index is 0.0514. The van der Waals surface area contributed by atoms with Crippen LogP contribution in [0.2, 0.25) is 0 Å². The van der Waals surface area contributed by atoms with Gasteiger partial charge in [-0.05, 0) is 88.9 Å². The second kappa shape index (κ2) is 19.8. The van der Waals surface area contributed by atoms with Gasteiger partial charge in [0.2, 0.25) is 0 Å². The highest BCUT2D eigenvalue weighted by molar-refractivity contribution is 5.69. The molecular weight excluding hydrogens is 478 g/mol. The molecule has 0 spiro atoms. The standard InChI is InChI=1S/C29H55N3O4.C2H6/c1-24(30)14-22-35-27(33)12-20-31-16-8-25(9-17-31)6-5-7-26-10-18-32(19-11-26)21-13-28(34)36-23-15-29(2,3)4;1-2/h24-26H,5-23,30H2,1-4H3;1-2H3. The number of ether oxygens (including phenoxy) is 2. The average Bonchev–Trinajstić information content (AvgIpc) is 2.88. The highest BCUT2D eigenvalue weighted by atomic mass is 16.5. The molecule has 0 aromatic heterocycles. The number of carbonyl (C=O) groups is 2. The van der Waals surface area contributed by atoms with Gasteiger partial charge in [0.05, 0.1) is 26.1 Å². The van der Waals surface area contributed by atoms with Crippen LogP contribution in [-0.2, 0) is 19.1 Å². The molecule has 224 valence electrons. The summed E-state index contributed by atoms with van der Waals surface area (Å²) in [6, 6.07) is 0.0790. The number of piperidine rings is 2. The lowest BCUT2D eigenvalue weighted by atomic mass is 9.87. The van der Waals surface area contributed by atoms with Gasteiger partial charge >= 0.3 is 11.9 Å². The normalized spacial score (nSPS) is 18.9. The van der Waals surface area contributed by atoms with E-state index >= 15 is 0 Å². The SMILES string of the molecule is CC.CC(N)CCOC(=O)CCN1CCC(CCCC2CCN(CCC(=O)OCCC(C)(C)C)CC2)CC1. The fourth-order valence-corrected chi connectivity index (χ4v) is 5.17. The monoisotopic (exact) mass is 539 g/mol. The molecule has 0 aliphatic carbocycles. The number of likely N-dealkylation sites (tertiary alicyclic amines) is 2. The van der Waals surface area contributed by atoms with Gasteiger partial charge in [-0.3, -0.25) is 9.59 Å². The van der Waals surface area contributed by atoms with Gasteiger partial charge in [0, 0.05) is 19.1 Å². The predicted octanol–water partition coefficient (Wildman–Crippen LogP) is 5.65. The van der Waals surface area contributed by atoms with Crippen molar-refractivity contribution in [1.29, 1.82) is 0 Å². The Labute approximate surface area is 234 Å². The first-order valence-electron chi connectivity index (χ1n) is 15.6. The topological polar surface area (TPSA) is 85.1 Å². The Morgan fingerprint density at radius 3 is 1.63 bits per heavy atom. The third kappa shape index (κ3) is 17.4. The quantitative estimate of drug-likeness (QED) is 0.269. The number of nitrogens with zero attached hydrogens (tertiary/aromatic N) is 2. The summed E-state index contributed by atoms with van der Waals surface area (Å²) in [6.45, 7) is 19.5. The average molecular weight is 540 g/mol. The molecule has 2 rings (SSSR count). The maximum Gasteiger partial charge on any atom is 0.307 e. The van der Waals surface area contributed by atoms with Crippen LogP contribution in [0.3, 0.4) is 0 Å². The number of esters is 2. The van der Waals surface area contributed by atoms with Crippen LogP contribution in [0.15, 0.2) is 0 Å². The molecule has 2 saturated heterocycles. The lowest BCUT2D eigenvalue weighted by Crippen LogP contribution is -2.36. The van der Waals surface area contributed by atoms with E-state index in [1.807, 2.05) is 20.8 Å². The first-order chi connectivity index (χ1) is 18.1. The zero-order valence-electron chi connectivity index (χ0n) is 25.8. The molecule has 0 bridgehead atoms. The molecular formula is C31H61N3O4. The minimum Gasteiger partial charge on any atom is -0.466 e. The smallest absolute Gasteiger partial charge is 0.307 e. The number of hydrogen-bond acceptors (Lipinski definition) is 7. The van der Waals surface area contributed by atoms with Crippen LogP contribution >= 0.6 is 0 Å². The summed E-state index contributed by atoms with van der Waals surface area (Å²) in [5, 5.41) is 0. The fraction of sp³-hybridized carbons (Fsp3) is 0.935. The van der Waals surface area contributed by atoms with E-state index in [-0.39, 0.29) is 23.4 Å². The zero-order valence-corrected chi connectivity index (χ0v) is 25.8. The van der Waals surface area contributed by atoms with E-state index in [1.165, 1.54) is 44.9 Å². The molecule has 2 N–H and O–H groups in total. The van der Waals surface area contributed by atoms with Crippen LogP contribution in [-0.4, -0.2) is 80.3 Å². The summed E-state index contributed by atoms with van der Waals surface area (Å²) in [5.41, 5.74) is 5.90. The Kier molecular flexibility index (Phi) is 18.2. The molecule has 2 fully saturated rings. The van der Waals surface area contributed by atoms with Crippen molar-refractivity contribution in [1.82, 2.24) is 9.80 Å². The summed E-state index contributed by atoms with van der Waals surface area (Å²) in [6.07, 6.45) is 11.7. The van der Waals surface area contributed by atoms with Gasteiger partial charge in [0.1, 0.15) is 0 Å². The van der Waals surface area contributed by atoms with Crippen molar-refractivity contribution in [3.05, 3.63) is 0 Å². The Bertz CT molecular complexity index is 619. The maximum atomic E-state index is 12.0. The van der Waals surface area contributed by atoms with Gasteiger partial charge in [0.25, 0.3) is 0 Å². The molecule has 0 aromatic rings. The highest BCUT2D eigenvalue weighted by Gasteiger charge is 2.22. The Balaban J connectivity index is 0.00000352. The molecule has 1 atom stereocenters. The molecule has 38 heavy (non-hydrogen) atoms. The van der Waals surface area contributed by atoms with Gasteiger partial charge < -0.3 is 25.0 Å².